The second kappa shape index (κ2) is 4.52. The maximum Gasteiger partial charge on any atom is 0.328 e. The molecule has 0 spiro atoms. The number of hydrogen-bond acceptors (Lipinski definition) is 3. The van der Waals surface area contributed by atoms with E-state index in [1.807, 2.05) is 0 Å². The molecular formula is C13H12F2N2O3. The van der Waals surface area contributed by atoms with Crippen LogP contribution in [0.4, 0.5) is 8.78 Å². The molecule has 1 aliphatic rings. The topological polar surface area (TPSA) is 64.1 Å². The van der Waals surface area contributed by atoms with Crippen molar-refractivity contribution in [3.05, 3.63) is 45.1 Å². The highest BCUT2D eigenvalue weighted by molar-refractivity contribution is 5.76. The molecule has 1 unspecified atom stereocenters. The minimum absolute atomic E-state index is 0.0500. The van der Waals surface area contributed by atoms with Gasteiger partial charge in [0.05, 0.1) is 24.1 Å². The number of nitrogens with one attached hydrogen (secondary N) is 1. The molecule has 1 atom stereocenters. The zero-order valence-corrected chi connectivity index (χ0v) is 10.4. The van der Waals surface area contributed by atoms with E-state index < -0.39 is 23.3 Å². The van der Waals surface area contributed by atoms with Gasteiger partial charge in [-0.1, -0.05) is 12.1 Å². The van der Waals surface area contributed by atoms with Gasteiger partial charge in [-0.05, 0) is 12.1 Å². The van der Waals surface area contributed by atoms with Gasteiger partial charge in [0.25, 0.3) is 11.5 Å². The van der Waals surface area contributed by atoms with Crippen LogP contribution < -0.4 is 11.2 Å². The lowest BCUT2D eigenvalue weighted by Gasteiger charge is -2.07. The summed E-state index contributed by atoms with van der Waals surface area (Å²) in [6.07, 6.45) is -1.38. The van der Waals surface area contributed by atoms with Gasteiger partial charge in [-0.25, -0.2) is 13.6 Å². The SMILES string of the molecule is O=c1[nH]c2ccccc2c(=O)n1CCOC1CC1(F)F. The summed E-state index contributed by atoms with van der Waals surface area (Å²) >= 11 is 0. The van der Waals surface area contributed by atoms with Crippen molar-refractivity contribution in [2.45, 2.75) is 25.0 Å². The number of para-hydroxylation sites is 1. The van der Waals surface area contributed by atoms with Crippen LogP contribution in [0.2, 0.25) is 0 Å². The van der Waals surface area contributed by atoms with E-state index in [9.17, 15) is 18.4 Å². The number of hydrogen-bond donors (Lipinski definition) is 1. The molecule has 1 aromatic carbocycles. The lowest BCUT2D eigenvalue weighted by Crippen LogP contribution is -2.36. The molecule has 0 saturated heterocycles. The Kier molecular flexibility index (Phi) is 2.93. The molecule has 1 fully saturated rings. The van der Waals surface area contributed by atoms with Crippen LogP contribution in [-0.4, -0.2) is 28.2 Å². The standard InChI is InChI=1S/C13H12F2N2O3/c14-13(15)7-10(13)20-6-5-17-11(18)8-3-1-2-4-9(8)16-12(17)19/h1-4,10H,5-7H2,(H,16,19). The highest BCUT2D eigenvalue weighted by atomic mass is 19.3. The van der Waals surface area contributed by atoms with Crippen molar-refractivity contribution in [1.82, 2.24) is 9.55 Å². The highest BCUT2D eigenvalue weighted by Crippen LogP contribution is 2.44. The van der Waals surface area contributed by atoms with E-state index in [0.717, 1.165) is 4.57 Å². The summed E-state index contributed by atoms with van der Waals surface area (Å²) in [6, 6.07) is 6.62. The first kappa shape index (κ1) is 13.0. The van der Waals surface area contributed by atoms with E-state index in [2.05, 4.69) is 4.98 Å². The van der Waals surface area contributed by atoms with E-state index in [-0.39, 0.29) is 19.6 Å². The van der Waals surface area contributed by atoms with Crippen LogP contribution in [0, 0.1) is 0 Å². The van der Waals surface area contributed by atoms with Crippen molar-refractivity contribution in [3.8, 4) is 0 Å². The molecule has 106 valence electrons. The summed E-state index contributed by atoms with van der Waals surface area (Å²) in [6.45, 7) is -0.146. The van der Waals surface area contributed by atoms with Crippen LogP contribution in [0.15, 0.2) is 33.9 Å². The van der Waals surface area contributed by atoms with Crippen molar-refractivity contribution in [2.75, 3.05) is 6.61 Å². The van der Waals surface area contributed by atoms with Gasteiger partial charge in [-0.3, -0.25) is 9.36 Å². The molecule has 1 aromatic heterocycles. The summed E-state index contributed by atoms with van der Waals surface area (Å²) in [5, 5.41) is 0.379. The molecule has 1 heterocycles. The normalized spacial score (nSPS) is 20.2. The molecule has 3 rings (SSSR count). The number of fused-ring (bicyclic) bond motifs is 1. The van der Waals surface area contributed by atoms with Gasteiger partial charge in [-0.15, -0.1) is 0 Å². The lowest BCUT2D eigenvalue weighted by molar-refractivity contribution is 0.0103. The Morgan fingerprint density at radius 1 is 1.35 bits per heavy atom. The minimum atomic E-state index is -2.76. The lowest BCUT2D eigenvalue weighted by atomic mass is 10.2. The Bertz CT molecular complexity index is 766. The van der Waals surface area contributed by atoms with E-state index in [1.54, 1.807) is 24.3 Å². The monoisotopic (exact) mass is 282 g/mol. The Morgan fingerprint density at radius 2 is 2.05 bits per heavy atom. The van der Waals surface area contributed by atoms with Gasteiger partial charge >= 0.3 is 5.69 Å². The first-order chi connectivity index (χ1) is 9.49. The van der Waals surface area contributed by atoms with E-state index >= 15 is 0 Å². The van der Waals surface area contributed by atoms with Crippen LogP contribution in [0.25, 0.3) is 10.9 Å². The van der Waals surface area contributed by atoms with Crippen molar-refractivity contribution >= 4 is 10.9 Å². The van der Waals surface area contributed by atoms with Crippen LogP contribution in [0.5, 0.6) is 0 Å². The van der Waals surface area contributed by atoms with Gasteiger partial charge in [-0.2, -0.15) is 0 Å². The number of aromatic amines is 1. The van der Waals surface area contributed by atoms with Gasteiger partial charge in [0.1, 0.15) is 6.10 Å². The van der Waals surface area contributed by atoms with E-state index in [1.165, 1.54) is 0 Å². The van der Waals surface area contributed by atoms with Gasteiger partial charge in [0.2, 0.25) is 0 Å². The number of halogens is 2. The summed E-state index contributed by atoms with van der Waals surface area (Å²) < 4.78 is 31.1. The number of ether oxygens (including phenoxy) is 1. The number of alkyl halides is 2. The summed E-state index contributed by atoms with van der Waals surface area (Å²) in [5.41, 5.74) is -0.566. The quantitative estimate of drug-likeness (QED) is 0.913. The van der Waals surface area contributed by atoms with Crippen LogP contribution in [0.1, 0.15) is 6.42 Å². The molecule has 1 saturated carbocycles. The second-order valence-corrected chi connectivity index (χ2v) is 4.76. The zero-order valence-electron chi connectivity index (χ0n) is 10.4. The third-order valence-electron chi connectivity index (χ3n) is 3.29. The zero-order chi connectivity index (χ0) is 14.3. The predicted octanol–water partition coefficient (Wildman–Crippen LogP) is 1.11. The maximum absolute atomic E-state index is 12.6. The summed E-state index contributed by atoms with van der Waals surface area (Å²) in [4.78, 5) is 26.5. The predicted molar refractivity (Wildman–Crippen MR) is 68.1 cm³/mol. The Balaban J connectivity index is 1.81. The third-order valence-corrected chi connectivity index (χ3v) is 3.29. The van der Waals surface area contributed by atoms with E-state index in [4.69, 9.17) is 4.74 Å². The minimum Gasteiger partial charge on any atom is -0.370 e. The van der Waals surface area contributed by atoms with Crippen molar-refractivity contribution in [1.29, 1.82) is 0 Å². The van der Waals surface area contributed by atoms with Gasteiger partial charge < -0.3 is 9.72 Å². The molecular weight excluding hydrogens is 270 g/mol. The third kappa shape index (κ3) is 2.24. The van der Waals surface area contributed by atoms with E-state index in [0.29, 0.717) is 10.9 Å². The van der Waals surface area contributed by atoms with Gasteiger partial charge in [0, 0.05) is 6.42 Å². The summed E-state index contributed by atoms with van der Waals surface area (Å²) in [5.74, 6) is -2.76. The number of benzene rings is 1. The van der Waals surface area contributed by atoms with Gasteiger partial charge in [0.15, 0.2) is 0 Å². The first-order valence-electron chi connectivity index (χ1n) is 6.20. The van der Waals surface area contributed by atoms with Crippen molar-refractivity contribution < 1.29 is 13.5 Å². The Labute approximate surface area is 111 Å². The average Bonchev–Trinajstić information content (AvgIpc) is 3.01. The van der Waals surface area contributed by atoms with Crippen LogP contribution in [-0.2, 0) is 11.3 Å². The first-order valence-corrected chi connectivity index (χ1v) is 6.20. The smallest absolute Gasteiger partial charge is 0.328 e. The molecule has 5 nitrogen and oxygen atoms in total. The average molecular weight is 282 g/mol. The summed E-state index contributed by atoms with van der Waals surface area (Å²) in [7, 11) is 0. The Morgan fingerprint density at radius 3 is 2.75 bits per heavy atom. The number of nitrogens with zero attached hydrogens (tertiary/aromatic N) is 1. The van der Waals surface area contributed by atoms with Crippen molar-refractivity contribution in [3.63, 3.8) is 0 Å². The van der Waals surface area contributed by atoms with Crippen molar-refractivity contribution in [2.24, 2.45) is 0 Å². The number of H-pyrrole nitrogens is 1. The maximum atomic E-state index is 12.6. The van der Waals surface area contributed by atoms with Crippen LogP contribution in [0.3, 0.4) is 0 Å². The molecule has 0 amide bonds. The van der Waals surface area contributed by atoms with Crippen LogP contribution >= 0.6 is 0 Å². The molecule has 0 aliphatic heterocycles. The second-order valence-electron chi connectivity index (χ2n) is 4.76. The molecule has 1 N–H and O–H groups in total. The number of rotatable bonds is 4. The molecule has 0 radical (unpaired) electrons. The number of aromatic nitrogens is 2. The molecule has 1 aliphatic carbocycles. The fourth-order valence-corrected chi connectivity index (χ4v) is 2.06. The fourth-order valence-electron chi connectivity index (χ4n) is 2.06. The molecule has 7 heteroatoms. The molecule has 2 aromatic rings. The Hall–Kier alpha value is -2.02. The highest BCUT2D eigenvalue weighted by Gasteiger charge is 2.58. The largest absolute Gasteiger partial charge is 0.370 e. The molecule has 0 bridgehead atoms. The fraction of sp³-hybridized carbons (Fsp3) is 0.385. The molecule has 20 heavy (non-hydrogen) atoms.